The first kappa shape index (κ1) is 26.5. The number of aliphatic imine (C=N–C) groups is 1. The van der Waals surface area contributed by atoms with Crippen molar-refractivity contribution >= 4 is 35.6 Å². The van der Waals surface area contributed by atoms with Crippen molar-refractivity contribution in [3.05, 3.63) is 54.5 Å². The molecule has 8 heteroatoms. The van der Waals surface area contributed by atoms with Gasteiger partial charge in [0.25, 0.3) is 0 Å². The number of halogens is 1. The third-order valence-electron chi connectivity index (χ3n) is 5.63. The Labute approximate surface area is 209 Å². The molecule has 3 N–H and O–H groups in total. The number of anilines is 1. The molecule has 0 aliphatic carbocycles. The fraction of sp³-hybridized carbons (Fsp3) is 0.542. The van der Waals surface area contributed by atoms with Crippen LogP contribution in [0.2, 0.25) is 0 Å². The van der Waals surface area contributed by atoms with Crippen LogP contribution in [0.3, 0.4) is 0 Å². The minimum Gasteiger partial charge on any atom is -0.466 e. The lowest BCUT2D eigenvalue weighted by molar-refractivity contribution is 0.0437. The lowest BCUT2D eigenvalue weighted by Gasteiger charge is -2.36. The Balaban J connectivity index is 0.00000363. The molecule has 0 radical (unpaired) electrons. The van der Waals surface area contributed by atoms with Gasteiger partial charge in [0.15, 0.2) is 5.96 Å². The van der Waals surface area contributed by atoms with Crippen molar-refractivity contribution in [2.45, 2.75) is 32.3 Å². The molecule has 0 bridgehead atoms. The quantitative estimate of drug-likeness (QED) is 0.181. The number of unbranched alkanes of at least 4 members (excludes halogenated alkanes) is 1. The highest BCUT2D eigenvalue weighted by Crippen LogP contribution is 2.21. The van der Waals surface area contributed by atoms with Crippen LogP contribution in [0.15, 0.2) is 58.1 Å². The molecular weight excluding hydrogens is 517 g/mol. The van der Waals surface area contributed by atoms with E-state index in [0.717, 1.165) is 64.6 Å². The van der Waals surface area contributed by atoms with Crippen molar-refractivity contribution in [1.82, 2.24) is 15.5 Å². The van der Waals surface area contributed by atoms with E-state index in [0.29, 0.717) is 5.76 Å². The van der Waals surface area contributed by atoms with Gasteiger partial charge in [0.1, 0.15) is 11.4 Å². The number of para-hydroxylation sites is 1. The molecule has 1 fully saturated rings. The summed E-state index contributed by atoms with van der Waals surface area (Å²) in [5, 5.41) is 17.2. The zero-order valence-corrected chi connectivity index (χ0v) is 21.6. The second-order valence-electron chi connectivity index (χ2n) is 8.24. The maximum atomic E-state index is 10.6. The highest BCUT2D eigenvalue weighted by Gasteiger charge is 2.26. The third-order valence-corrected chi connectivity index (χ3v) is 5.63. The molecule has 3 rings (SSSR count). The molecule has 1 aromatic carbocycles. The topological polar surface area (TPSA) is 76.3 Å². The van der Waals surface area contributed by atoms with Crippen molar-refractivity contribution in [2.24, 2.45) is 4.99 Å². The van der Waals surface area contributed by atoms with E-state index < -0.39 is 5.60 Å². The number of nitrogens with zero attached hydrogens (tertiary/aromatic N) is 3. The van der Waals surface area contributed by atoms with Gasteiger partial charge in [-0.1, -0.05) is 18.2 Å². The lowest BCUT2D eigenvalue weighted by Crippen LogP contribution is -2.46. The molecule has 2 aromatic rings. The van der Waals surface area contributed by atoms with E-state index in [2.05, 4.69) is 55.8 Å². The van der Waals surface area contributed by atoms with E-state index in [1.165, 1.54) is 5.69 Å². The number of hydrogen-bond donors (Lipinski definition) is 3. The summed E-state index contributed by atoms with van der Waals surface area (Å²) in [6.07, 6.45) is 3.80. The Morgan fingerprint density at radius 3 is 2.47 bits per heavy atom. The van der Waals surface area contributed by atoms with Crippen molar-refractivity contribution in [2.75, 3.05) is 57.3 Å². The van der Waals surface area contributed by atoms with Gasteiger partial charge >= 0.3 is 0 Å². The van der Waals surface area contributed by atoms with Crippen LogP contribution in [0.5, 0.6) is 0 Å². The van der Waals surface area contributed by atoms with Crippen LogP contribution >= 0.6 is 24.0 Å². The van der Waals surface area contributed by atoms with E-state index in [1.807, 2.05) is 6.92 Å². The molecule has 0 saturated carbocycles. The van der Waals surface area contributed by atoms with E-state index >= 15 is 0 Å². The number of rotatable bonds is 10. The zero-order chi connectivity index (χ0) is 21.9. The summed E-state index contributed by atoms with van der Waals surface area (Å²) >= 11 is 0. The van der Waals surface area contributed by atoms with Crippen LogP contribution in [0, 0.1) is 0 Å². The van der Waals surface area contributed by atoms with Gasteiger partial charge in [0.2, 0.25) is 0 Å². The number of guanidine groups is 1. The number of nitrogens with one attached hydrogen (secondary N) is 2. The van der Waals surface area contributed by atoms with Gasteiger partial charge < -0.3 is 25.1 Å². The molecule has 0 spiro atoms. The zero-order valence-electron chi connectivity index (χ0n) is 19.3. The Kier molecular flexibility index (Phi) is 11.3. The SMILES string of the molecule is CCNC(=NCC(C)(O)c1ccco1)NCCCCN1CCN(c2ccccc2)CC1.I. The standard InChI is InChI=1S/C24H37N5O2.HI/c1-3-25-23(27-20-24(2,30)22-12-9-19-31-22)26-13-7-8-14-28-15-17-29(18-16-28)21-10-5-4-6-11-21;/h4-6,9-12,19,30H,3,7-8,13-18,20H2,1-2H3,(H2,25,26,27);1H. The van der Waals surface area contributed by atoms with E-state index in [9.17, 15) is 5.11 Å². The average Bonchev–Trinajstić information content (AvgIpc) is 3.34. The molecule has 2 heterocycles. The van der Waals surface area contributed by atoms with Gasteiger partial charge in [-0.05, 0) is 57.5 Å². The maximum Gasteiger partial charge on any atom is 0.191 e. The fourth-order valence-corrected chi connectivity index (χ4v) is 3.77. The predicted molar refractivity (Wildman–Crippen MR) is 142 cm³/mol. The summed E-state index contributed by atoms with van der Waals surface area (Å²) in [6.45, 7) is 11.2. The van der Waals surface area contributed by atoms with Gasteiger partial charge in [0, 0.05) is 45.0 Å². The number of furan rings is 1. The molecule has 1 aliphatic rings. The highest BCUT2D eigenvalue weighted by atomic mass is 127. The van der Waals surface area contributed by atoms with Crippen molar-refractivity contribution in [1.29, 1.82) is 0 Å². The van der Waals surface area contributed by atoms with Crippen LogP contribution in [-0.2, 0) is 5.60 Å². The summed E-state index contributed by atoms with van der Waals surface area (Å²) in [6, 6.07) is 14.2. The molecule has 32 heavy (non-hydrogen) atoms. The second-order valence-corrected chi connectivity index (χ2v) is 8.24. The summed E-state index contributed by atoms with van der Waals surface area (Å²) < 4.78 is 5.33. The molecule has 1 saturated heterocycles. The van der Waals surface area contributed by atoms with Crippen LogP contribution in [0.25, 0.3) is 0 Å². The molecule has 178 valence electrons. The first-order chi connectivity index (χ1) is 15.1. The smallest absolute Gasteiger partial charge is 0.191 e. The normalized spacial score (nSPS) is 16.8. The van der Waals surface area contributed by atoms with Crippen LogP contribution in [0.1, 0.15) is 32.4 Å². The largest absolute Gasteiger partial charge is 0.466 e. The van der Waals surface area contributed by atoms with E-state index in [1.54, 1.807) is 25.3 Å². The summed E-state index contributed by atoms with van der Waals surface area (Å²) in [4.78, 5) is 9.56. The van der Waals surface area contributed by atoms with E-state index in [-0.39, 0.29) is 30.5 Å². The number of aliphatic hydroxyl groups is 1. The molecule has 7 nitrogen and oxygen atoms in total. The summed E-state index contributed by atoms with van der Waals surface area (Å²) in [5.41, 5.74) is 0.209. The van der Waals surface area contributed by atoms with Crippen LogP contribution in [-0.4, -0.2) is 68.3 Å². The molecule has 1 aromatic heterocycles. The van der Waals surface area contributed by atoms with Gasteiger partial charge in [0.05, 0.1) is 12.8 Å². The fourth-order valence-electron chi connectivity index (χ4n) is 3.77. The molecular formula is C24H38IN5O2. The molecule has 1 atom stereocenters. The first-order valence-corrected chi connectivity index (χ1v) is 11.4. The van der Waals surface area contributed by atoms with Gasteiger partial charge in [-0.15, -0.1) is 24.0 Å². The molecule has 1 unspecified atom stereocenters. The Hall–Kier alpha value is -1.78. The molecule has 1 aliphatic heterocycles. The van der Waals surface area contributed by atoms with Gasteiger partial charge in [-0.2, -0.15) is 0 Å². The van der Waals surface area contributed by atoms with Crippen LogP contribution in [0.4, 0.5) is 5.69 Å². The van der Waals surface area contributed by atoms with Crippen molar-refractivity contribution in [3.63, 3.8) is 0 Å². The first-order valence-electron chi connectivity index (χ1n) is 11.4. The average molecular weight is 556 g/mol. The minimum absolute atomic E-state index is 0. The number of benzene rings is 1. The Bertz CT molecular complexity index is 775. The van der Waals surface area contributed by atoms with Crippen molar-refractivity contribution < 1.29 is 9.52 Å². The highest BCUT2D eigenvalue weighted by molar-refractivity contribution is 14.0. The van der Waals surface area contributed by atoms with E-state index in [4.69, 9.17) is 4.42 Å². The minimum atomic E-state index is -1.12. The van der Waals surface area contributed by atoms with Gasteiger partial charge in [-0.3, -0.25) is 4.90 Å². The number of piperazine rings is 1. The third kappa shape index (κ3) is 8.29. The monoisotopic (exact) mass is 555 g/mol. The predicted octanol–water partition coefficient (Wildman–Crippen LogP) is 3.26. The molecule has 0 amide bonds. The summed E-state index contributed by atoms with van der Waals surface area (Å²) in [5.74, 6) is 1.25. The second kappa shape index (κ2) is 13.7. The Morgan fingerprint density at radius 2 is 1.81 bits per heavy atom. The van der Waals surface area contributed by atoms with Gasteiger partial charge in [-0.25, -0.2) is 4.99 Å². The maximum absolute atomic E-state index is 10.6. The van der Waals surface area contributed by atoms with Crippen LogP contribution < -0.4 is 15.5 Å². The van der Waals surface area contributed by atoms with Crippen molar-refractivity contribution in [3.8, 4) is 0 Å². The lowest BCUT2D eigenvalue weighted by atomic mass is 10.0. The number of hydrogen-bond acceptors (Lipinski definition) is 5. The summed E-state index contributed by atoms with van der Waals surface area (Å²) in [7, 11) is 0. The Morgan fingerprint density at radius 1 is 1.06 bits per heavy atom.